The van der Waals surface area contributed by atoms with Gasteiger partial charge in [0.1, 0.15) is 4.90 Å². The molecule has 1 unspecified atom stereocenters. The largest absolute Gasteiger partial charge is 0.274 e. The van der Waals surface area contributed by atoms with Gasteiger partial charge in [0.25, 0.3) is 0 Å². The molecule has 120 valence electrons. The molecule has 0 saturated heterocycles. The quantitative estimate of drug-likeness (QED) is 0.921. The van der Waals surface area contributed by atoms with Gasteiger partial charge >= 0.3 is 0 Å². The molecule has 1 aromatic heterocycles. The summed E-state index contributed by atoms with van der Waals surface area (Å²) in [5, 5.41) is 4.09. The van der Waals surface area contributed by atoms with Crippen LogP contribution in [0.5, 0.6) is 0 Å². The van der Waals surface area contributed by atoms with Gasteiger partial charge in [-0.15, -0.1) is 0 Å². The van der Waals surface area contributed by atoms with Crippen LogP contribution in [-0.2, 0) is 17.1 Å². The number of hydrogen-bond acceptors (Lipinski definition) is 3. The first-order valence-corrected chi connectivity index (χ1v) is 8.81. The molecule has 1 aromatic carbocycles. The number of sulfonamides is 1. The lowest BCUT2D eigenvalue weighted by molar-refractivity contribution is 0.566. The third-order valence-electron chi connectivity index (χ3n) is 3.69. The Bertz CT molecular complexity index is 746. The first-order chi connectivity index (χ1) is 10.2. The van der Waals surface area contributed by atoms with Gasteiger partial charge < -0.3 is 0 Å². The molecule has 5 nitrogen and oxygen atoms in total. The Morgan fingerprint density at radius 1 is 1.09 bits per heavy atom. The van der Waals surface area contributed by atoms with Crippen LogP contribution in [0, 0.1) is 6.92 Å². The Labute approximate surface area is 132 Å². The van der Waals surface area contributed by atoms with Gasteiger partial charge in [0.2, 0.25) is 10.0 Å². The fraction of sp³-hybridized carbons (Fsp3) is 0.438. The highest BCUT2D eigenvalue weighted by Gasteiger charge is 2.22. The molecule has 6 heteroatoms. The third-order valence-corrected chi connectivity index (χ3v) is 5.34. The molecule has 0 aliphatic heterocycles. The standard InChI is InChI=1S/C16H23N3O2S/c1-11(2)14-6-8-15(9-7-14)12(3)18-22(20,21)16-10-19(5)17-13(16)4/h6-12,18H,1-5H3. The van der Waals surface area contributed by atoms with Crippen molar-refractivity contribution in [2.45, 2.75) is 44.6 Å². The van der Waals surface area contributed by atoms with Gasteiger partial charge in [0, 0.05) is 19.3 Å². The molecular weight excluding hydrogens is 298 g/mol. The van der Waals surface area contributed by atoms with Gasteiger partial charge in [0.15, 0.2) is 0 Å². The van der Waals surface area contributed by atoms with Crippen molar-refractivity contribution in [2.24, 2.45) is 7.05 Å². The molecule has 2 rings (SSSR count). The summed E-state index contributed by atoms with van der Waals surface area (Å²) in [7, 11) is -1.87. The Morgan fingerprint density at radius 2 is 1.64 bits per heavy atom. The van der Waals surface area contributed by atoms with Crippen molar-refractivity contribution in [2.75, 3.05) is 0 Å². The minimum atomic E-state index is -3.58. The molecule has 0 aliphatic rings. The second-order valence-corrected chi connectivity index (χ2v) is 7.60. The third kappa shape index (κ3) is 3.56. The number of benzene rings is 1. The van der Waals surface area contributed by atoms with E-state index in [0.29, 0.717) is 11.6 Å². The predicted molar refractivity (Wildman–Crippen MR) is 87.2 cm³/mol. The highest BCUT2D eigenvalue weighted by molar-refractivity contribution is 7.89. The van der Waals surface area contributed by atoms with Gasteiger partial charge in [-0.2, -0.15) is 5.10 Å². The second kappa shape index (κ2) is 6.22. The summed E-state index contributed by atoms with van der Waals surface area (Å²) in [5.41, 5.74) is 2.67. The van der Waals surface area contributed by atoms with Crippen LogP contribution in [0.2, 0.25) is 0 Å². The SMILES string of the molecule is Cc1nn(C)cc1S(=O)(=O)NC(C)c1ccc(C(C)C)cc1. The molecular formula is C16H23N3O2S. The maximum atomic E-state index is 12.5. The van der Waals surface area contributed by atoms with Crippen molar-refractivity contribution in [1.82, 2.24) is 14.5 Å². The van der Waals surface area contributed by atoms with E-state index in [1.54, 1.807) is 14.0 Å². The minimum absolute atomic E-state index is 0.223. The lowest BCUT2D eigenvalue weighted by atomic mass is 10.00. The van der Waals surface area contributed by atoms with Crippen LogP contribution in [-0.4, -0.2) is 18.2 Å². The maximum Gasteiger partial charge on any atom is 0.244 e. The molecule has 1 heterocycles. The van der Waals surface area contributed by atoms with Crippen LogP contribution in [0.25, 0.3) is 0 Å². The summed E-state index contributed by atoms with van der Waals surface area (Å²) < 4.78 is 29.1. The van der Waals surface area contributed by atoms with Crippen molar-refractivity contribution in [1.29, 1.82) is 0 Å². The van der Waals surface area contributed by atoms with Crippen LogP contribution >= 0.6 is 0 Å². The predicted octanol–water partition coefficient (Wildman–Crippen LogP) is 2.89. The lowest BCUT2D eigenvalue weighted by Gasteiger charge is -2.15. The van der Waals surface area contributed by atoms with E-state index in [2.05, 4.69) is 23.7 Å². The number of nitrogens with one attached hydrogen (secondary N) is 1. The number of nitrogens with zero attached hydrogens (tertiary/aromatic N) is 2. The van der Waals surface area contributed by atoms with E-state index < -0.39 is 10.0 Å². The second-order valence-electron chi connectivity index (χ2n) is 5.92. The molecule has 22 heavy (non-hydrogen) atoms. The van der Waals surface area contributed by atoms with Crippen molar-refractivity contribution in [3.63, 3.8) is 0 Å². The molecule has 0 fully saturated rings. The zero-order valence-corrected chi connectivity index (χ0v) is 14.5. The average Bonchev–Trinajstić information content (AvgIpc) is 2.78. The van der Waals surface area contributed by atoms with E-state index in [4.69, 9.17) is 0 Å². The van der Waals surface area contributed by atoms with Gasteiger partial charge in [0.05, 0.1) is 5.69 Å². The van der Waals surface area contributed by atoms with Crippen LogP contribution in [0.3, 0.4) is 0 Å². The summed E-state index contributed by atoms with van der Waals surface area (Å²) >= 11 is 0. The first kappa shape index (κ1) is 16.7. The van der Waals surface area contributed by atoms with Crippen LogP contribution in [0.1, 0.15) is 49.6 Å². The van der Waals surface area contributed by atoms with E-state index in [-0.39, 0.29) is 10.9 Å². The van der Waals surface area contributed by atoms with Crippen LogP contribution < -0.4 is 4.72 Å². The van der Waals surface area contributed by atoms with Gasteiger partial charge in [-0.3, -0.25) is 4.68 Å². The zero-order valence-electron chi connectivity index (χ0n) is 13.7. The molecule has 2 aromatic rings. The molecule has 1 N–H and O–H groups in total. The van der Waals surface area contributed by atoms with E-state index in [1.807, 2.05) is 31.2 Å². The lowest BCUT2D eigenvalue weighted by Crippen LogP contribution is -2.27. The molecule has 0 bridgehead atoms. The fourth-order valence-corrected chi connectivity index (χ4v) is 3.83. The highest BCUT2D eigenvalue weighted by Crippen LogP contribution is 2.21. The Balaban J connectivity index is 2.20. The number of rotatable bonds is 5. The smallest absolute Gasteiger partial charge is 0.244 e. The summed E-state index contributed by atoms with van der Waals surface area (Å²) in [4.78, 5) is 0.223. The Hall–Kier alpha value is -1.66. The van der Waals surface area contributed by atoms with E-state index in [0.717, 1.165) is 5.56 Å². The van der Waals surface area contributed by atoms with E-state index in [9.17, 15) is 8.42 Å². The maximum absolute atomic E-state index is 12.5. The molecule has 0 spiro atoms. The first-order valence-electron chi connectivity index (χ1n) is 7.33. The van der Waals surface area contributed by atoms with Crippen LogP contribution in [0.4, 0.5) is 0 Å². The number of hydrogen-bond donors (Lipinski definition) is 1. The van der Waals surface area contributed by atoms with Gasteiger partial charge in [-0.1, -0.05) is 38.1 Å². The highest BCUT2D eigenvalue weighted by atomic mass is 32.2. The Morgan fingerprint density at radius 3 is 2.09 bits per heavy atom. The summed E-state index contributed by atoms with van der Waals surface area (Å²) in [6, 6.07) is 7.73. The topological polar surface area (TPSA) is 64.0 Å². The van der Waals surface area contributed by atoms with Crippen molar-refractivity contribution in [3.8, 4) is 0 Å². The van der Waals surface area contributed by atoms with Crippen LogP contribution in [0.15, 0.2) is 35.4 Å². The van der Waals surface area contributed by atoms with E-state index >= 15 is 0 Å². The molecule has 0 saturated carbocycles. The molecule has 0 amide bonds. The zero-order chi connectivity index (χ0) is 16.5. The number of aromatic nitrogens is 2. The summed E-state index contributed by atoms with van der Waals surface area (Å²) in [6.45, 7) is 7.79. The van der Waals surface area contributed by atoms with Crippen molar-refractivity contribution < 1.29 is 8.42 Å². The number of aryl methyl sites for hydroxylation is 2. The summed E-state index contributed by atoms with van der Waals surface area (Å²) in [6.07, 6.45) is 1.52. The molecule has 0 aliphatic carbocycles. The summed E-state index contributed by atoms with van der Waals surface area (Å²) in [5.74, 6) is 0.457. The van der Waals surface area contributed by atoms with Gasteiger partial charge in [-0.25, -0.2) is 13.1 Å². The Kier molecular flexibility index (Phi) is 4.72. The molecule has 1 atom stereocenters. The normalized spacial score (nSPS) is 13.5. The van der Waals surface area contributed by atoms with Gasteiger partial charge in [-0.05, 0) is 30.9 Å². The fourth-order valence-electron chi connectivity index (χ4n) is 2.38. The van der Waals surface area contributed by atoms with Crippen molar-refractivity contribution in [3.05, 3.63) is 47.3 Å². The average molecular weight is 321 g/mol. The minimum Gasteiger partial charge on any atom is -0.274 e. The monoisotopic (exact) mass is 321 g/mol. The molecule has 0 radical (unpaired) electrons. The van der Waals surface area contributed by atoms with E-state index in [1.165, 1.54) is 16.4 Å². The van der Waals surface area contributed by atoms with Crippen molar-refractivity contribution >= 4 is 10.0 Å².